The summed E-state index contributed by atoms with van der Waals surface area (Å²) < 4.78 is 46.7. The molecule has 4 heterocycles. The Morgan fingerprint density at radius 2 is 1.59 bits per heavy atom. The van der Waals surface area contributed by atoms with E-state index in [1.165, 1.54) is 21.1 Å². The number of carbonyl (C=O) groups excluding carboxylic acids is 3. The van der Waals surface area contributed by atoms with Crippen LogP contribution in [0.5, 0.6) is 0 Å². The van der Waals surface area contributed by atoms with Gasteiger partial charge in [-0.05, 0) is 92.3 Å². The first-order chi connectivity index (χ1) is 34.3. The number of methoxy groups -OCH3 is 2. The van der Waals surface area contributed by atoms with Crippen LogP contribution in [0.2, 0.25) is 0 Å². The number of aryl methyl sites for hydroxylation is 1. The predicted molar refractivity (Wildman–Crippen MR) is 269 cm³/mol. The van der Waals surface area contributed by atoms with Gasteiger partial charge in [-0.15, -0.1) is 5.10 Å². The highest BCUT2D eigenvalue weighted by atomic mass is 16.7. The first-order valence-electron chi connectivity index (χ1n) is 26.4. The average Bonchev–Trinajstić information content (AvgIpc) is 3.84. The van der Waals surface area contributed by atoms with Crippen LogP contribution < -0.4 is 0 Å². The van der Waals surface area contributed by atoms with Gasteiger partial charge in [-0.25, -0.2) is 0 Å². The van der Waals surface area contributed by atoms with Gasteiger partial charge in [0.15, 0.2) is 18.4 Å². The lowest BCUT2D eigenvalue weighted by molar-refractivity contribution is -0.319. The first kappa shape index (κ1) is 60.6. The van der Waals surface area contributed by atoms with Crippen molar-refractivity contribution in [2.24, 2.45) is 23.7 Å². The third-order valence-electron chi connectivity index (χ3n) is 16.1. The molecule has 3 aliphatic heterocycles. The lowest BCUT2D eigenvalue weighted by Crippen LogP contribution is -2.61. The van der Waals surface area contributed by atoms with Crippen LogP contribution in [0.1, 0.15) is 133 Å². The number of carbonyl (C=O) groups is 3. The maximum absolute atomic E-state index is 14.5. The van der Waals surface area contributed by atoms with E-state index >= 15 is 0 Å². The second-order valence-electron chi connectivity index (χ2n) is 22.0. The molecule has 3 saturated heterocycles. The van der Waals surface area contributed by atoms with Gasteiger partial charge in [-0.3, -0.25) is 24.0 Å². The number of benzene rings is 1. The van der Waals surface area contributed by atoms with E-state index in [1.807, 2.05) is 50.0 Å². The van der Waals surface area contributed by atoms with Crippen molar-refractivity contribution in [1.29, 1.82) is 0 Å². The minimum atomic E-state index is -2.01. The second-order valence-corrected chi connectivity index (χ2v) is 22.0. The summed E-state index contributed by atoms with van der Waals surface area (Å²) in [6, 6.07) is 7.55. The third kappa shape index (κ3) is 14.6. The minimum Gasteiger partial charge on any atom is -0.459 e. The van der Waals surface area contributed by atoms with Gasteiger partial charge in [0.2, 0.25) is 0 Å². The van der Waals surface area contributed by atoms with Crippen molar-refractivity contribution in [2.75, 3.05) is 27.9 Å². The van der Waals surface area contributed by atoms with Gasteiger partial charge >= 0.3 is 5.97 Å². The zero-order chi connectivity index (χ0) is 54.2. The Kier molecular flexibility index (Phi) is 21.7. The molecule has 2 aromatic rings. The molecule has 0 unspecified atom stereocenters. The van der Waals surface area contributed by atoms with Crippen molar-refractivity contribution in [3.63, 3.8) is 0 Å². The number of unbranched alkanes of at least 4 members (excludes halogenated alkanes) is 3. The first-order valence-corrected chi connectivity index (χ1v) is 26.4. The summed E-state index contributed by atoms with van der Waals surface area (Å²) in [6.07, 6.45) is -3.93. The summed E-state index contributed by atoms with van der Waals surface area (Å²) in [5, 5.41) is 64.7. The Bertz CT molecular complexity index is 2090. The van der Waals surface area contributed by atoms with E-state index in [4.69, 9.17) is 38.3 Å². The van der Waals surface area contributed by atoms with E-state index in [1.54, 1.807) is 48.5 Å². The molecule has 3 aliphatic rings. The lowest BCUT2D eigenvalue weighted by atomic mass is 9.74. The smallest absolute Gasteiger partial charge is 0.311 e. The number of ketones is 2. The van der Waals surface area contributed by atoms with Gasteiger partial charge in [0.05, 0.1) is 53.8 Å². The van der Waals surface area contributed by atoms with Crippen LogP contribution in [0.15, 0.2) is 30.5 Å². The minimum absolute atomic E-state index is 0.0608. The van der Waals surface area contributed by atoms with E-state index in [9.17, 15) is 34.8 Å². The molecule has 19 nitrogen and oxygen atoms in total. The number of likely N-dealkylation sites (N-methyl/N-ethyl adjacent to an activating group) is 1. The average molecular weight is 1030 g/mol. The van der Waals surface area contributed by atoms with E-state index < -0.39 is 114 Å². The molecule has 0 bridgehead atoms. The van der Waals surface area contributed by atoms with Gasteiger partial charge < -0.3 is 58.7 Å². The second kappa shape index (κ2) is 26.2. The summed E-state index contributed by atoms with van der Waals surface area (Å²) in [5.74, 6) is -4.90. The number of Topliss-reactive ketones (excluding diaryl/α,β-unsaturated/α-hetero) is 2. The van der Waals surface area contributed by atoms with E-state index in [-0.39, 0.29) is 36.9 Å². The molecular weight excluding hydrogens is 945 g/mol. The fourth-order valence-electron chi connectivity index (χ4n) is 11.3. The highest BCUT2D eigenvalue weighted by Crippen LogP contribution is 2.42. The van der Waals surface area contributed by atoms with Gasteiger partial charge in [0, 0.05) is 69.5 Å². The Balaban J connectivity index is 1.44. The van der Waals surface area contributed by atoms with Crippen LogP contribution in [0, 0.1) is 23.7 Å². The number of nitrogens with zero attached hydrogens (tertiary/aromatic N) is 4. The molecule has 0 saturated carbocycles. The Labute approximate surface area is 432 Å². The van der Waals surface area contributed by atoms with Gasteiger partial charge in [0.25, 0.3) is 0 Å². The van der Waals surface area contributed by atoms with Gasteiger partial charge in [0.1, 0.15) is 42.0 Å². The number of rotatable bonds is 19. The number of aliphatic hydroxyl groups is 5. The maximum atomic E-state index is 14.5. The van der Waals surface area contributed by atoms with Crippen molar-refractivity contribution in [3.05, 3.63) is 36.0 Å². The highest BCUT2D eigenvalue weighted by Gasteiger charge is 2.54. The van der Waals surface area contributed by atoms with E-state index in [0.29, 0.717) is 25.9 Å². The molecule has 0 amide bonds. The lowest BCUT2D eigenvalue weighted by Gasteiger charge is -2.50. The van der Waals surface area contributed by atoms with Crippen LogP contribution >= 0.6 is 0 Å². The standard InChI is InChI=1S/C54H88N4O15/c1-14-42-54(10,66)47(63)33(4)44(61)31(2)26-53(9,68-13)49(34(5)46(35(6)50(65)71-42)72-43-27-52(8,67-12)48(64)36(7)70-43)73-51-45(62)41(24-32(3)69-51)57(11)28-37-20-19-21-38(25-37)40-29-58(56-55-40)23-18-16-15-17-22-39(60)30-59/h19-21,25,29,31-36,41-43,45-49,51,59,62-64,66H,14-18,22-24,26-28,30H2,1-13H3/t31-,32-,33+,34+,35-,36+,41+,42-,43+,45-,46+,47-,48+,49-,51+,52-,53-,54-/m1/s1. The molecule has 1 aromatic carbocycles. The number of hydrogen-bond acceptors (Lipinski definition) is 18. The molecule has 1 aromatic heterocycles. The summed E-state index contributed by atoms with van der Waals surface area (Å²) in [7, 11) is 4.94. The summed E-state index contributed by atoms with van der Waals surface area (Å²) in [6.45, 7) is 17.8. The SMILES string of the molecule is CC[C@H]1OC(=O)[C@H](C)[C@@H](O[C@H]2C[C@@](C)(OC)[C@@H](O)[C@H](C)O2)[C@H](C)[C@@H](O[C@@H]2O[C@H](C)C[C@H](N(C)Cc3cccc(-c4cn(CCCCCCC(=O)CO)nn4)c3)[C@H]2O)[C@](C)(OC)C[C@@H](C)C(=O)[C@H](C)[C@@H](O)[C@]1(C)O. The fourth-order valence-corrected chi connectivity index (χ4v) is 11.3. The molecule has 73 heavy (non-hydrogen) atoms. The van der Waals surface area contributed by atoms with Crippen molar-refractivity contribution in [1.82, 2.24) is 19.9 Å². The van der Waals surface area contributed by atoms with E-state index in [2.05, 4.69) is 21.3 Å². The van der Waals surface area contributed by atoms with Gasteiger partial charge in [-0.2, -0.15) is 0 Å². The Morgan fingerprint density at radius 3 is 2.25 bits per heavy atom. The van der Waals surface area contributed by atoms with E-state index in [0.717, 1.165) is 42.5 Å². The Morgan fingerprint density at radius 1 is 0.904 bits per heavy atom. The maximum Gasteiger partial charge on any atom is 0.311 e. The molecular formula is C54H88N4O15. The summed E-state index contributed by atoms with van der Waals surface area (Å²) in [4.78, 5) is 42.3. The number of cyclic esters (lactones) is 1. The van der Waals surface area contributed by atoms with Crippen molar-refractivity contribution in [2.45, 2.75) is 224 Å². The molecule has 414 valence electrons. The van der Waals surface area contributed by atoms with Crippen LogP contribution in [-0.2, 0) is 60.6 Å². The zero-order valence-corrected chi connectivity index (χ0v) is 45.6. The monoisotopic (exact) mass is 1030 g/mol. The molecule has 19 heteroatoms. The van der Waals surface area contributed by atoms with Crippen molar-refractivity contribution < 1.29 is 73.1 Å². The molecule has 5 N–H and O–H groups in total. The number of esters is 1. The molecule has 5 rings (SSSR count). The molecule has 0 aliphatic carbocycles. The molecule has 18 atom stereocenters. The Hall–Kier alpha value is -3.31. The van der Waals surface area contributed by atoms with Crippen molar-refractivity contribution >= 4 is 17.5 Å². The molecule has 0 spiro atoms. The van der Waals surface area contributed by atoms with Gasteiger partial charge in [-0.1, -0.05) is 63.9 Å². The molecule has 3 fully saturated rings. The molecule has 0 radical (unpaired) electrons. The topological polar surface area (TPSA) is 251 Å². The number of aromatic nitrogens is 3. The number of ether oxygens (including phenoxy) is 7. The van der Waals surface area contributed by atoms with Crippen molar-refractivity contribution in [3.8, 4) is 11.3 Å². The zero-order valence-electron chi connectivity index (χ0n) is 45.6. The number of hydrogen-bond donors (Lipinski definition) is 5. The van der Waals surface area contributed by atoms with Crippen LogP contribution in [0.4, 0.5) is 0 Å². The fraction of sp³-hybridized carbons (Fsp3) is 0.796. The van der Waals surface area contributed by atoms with Crippen LogP contribution in [0.25, 0.3) is 11.3 Å². The summed E-state index contributed by atoms with van der Waals surface area (Å²) in [5.41, 5.74) is -1.83. The quantitative estimate of drug-likeness (QED) is 0.0938. The number of aliphatic hydroxyl groups excluding tert-OH is 4. The summed E-state index contributed by atoms with van der Waals surface area (Å²) >= 11 is 0. The largest absolute Gasteiger partial charge is 0.459 e. The highest BCUT2D eigenvalue weighted by molar-refractivity contribution is 5.83. The van der Waals surface area contributed by atoms with Crippen LogP contribution in [0.3, 0.4) is 0 Å². The van der Waals surface area contributed by atoms with Crippen LogP contribution in [-0.4, -0.2) is 175 Å². The third-order valence-corrected chi connectivity index (χ3v) is 16.1. The predicted octanol–water partition coefficient (Wildman–Crippen LogP) is 4.78. The normalized spacial score (nSPS) is 38.3.